The highest BCUT2D eigenvalue weighted by atomic mass is 16.2. The van der Waals surface area contributed by atoms with Crippen molar-refractivity contribution in [1.82, 2.24) is 16.0 Å². The highest BCUT2D eigenvalue weighted by Crippen LogP contribution is 1.96. The van der Waals surface area contributed by atoms with Crippen molar-refractivity contribution in [3.05, 3.63) is 11.5 Å². The molecular weight excluding hydrogens is 162 g/mol. The van der Waals surface area contributed by atoms with Gasteiger partial charge in [-0.05, 0) is 0 Å². The molecule has 0 aromatic rings. The van der Waals surface area contributed by atoms with Crippen LogP contribution in [0.3, 0.4) is 0 Å². The number of nitrogens with one attached hydrogen (secondary N) is 3. The van der Waals surface area contributed by atoms with E-state index < -0.39 is 12.2 Å². The largest absolute Gasteiger partial charge is 0.384 e. The van der Waals surface area contributed by atoms with E-state index in [1.54, 1.807) is 0 Å². The molecule has 1 aliphatic rings. The van der Waals surface area contributed by atoms with Crippen molar-refractivity contribution in [3.8, 4) is 0 Å². The second-order valence-electron chi connectivity index (χ2n) is 2.15. The Kier molecular flexibility index (Phi) is 2.15. The van der Waals surface area contributed by atoms with Gasteiger partial charge in [-0.2, -0.15) is 0 Å². The van der Waals surface area contributed by atoms with Crippen LogP contribution in [0, 0.1) is 0 Å². The smallest absolute Gasteiger partial charge is 0.274 e. The Balaban J connectivity index is 2.85. The third-order valence-electron chi connectivity index (χ3n) is 1.30. The Morgan fingerprint density at radius 1 is 1.50 bits per heavy atom. The van der Waals surface area contributed by atoms with Crippen LogP contribution < -0.4 is 27.4 Å². The van der Waals surface area contributed by atoms with Gasteiger partial charge in [0.2, 0.25) is 6.41 Å². The molecule has 1 heterocycles. The predicted octanol–water partition coefficient (Wildman–Crippen LogP) is -3.18. The third kappa shape index (κ3) is 1.45. The van der Waals surface area contributed by atoms with Crippen LogP contribution in [0.5, 0.6) is 0 Å². The zero-order valence-corrected chi connectivity index (χ0v) is 6.13. The second kappa shape index (κ2) is 3.09. The van der Waals surface area contributed by atoms with Crippen molar-refractivity contribution in [2.45, 2.75) is 6.29 Å². The summed E-state index contributed by atoms with van der Waals surface area (Å²) in [7, 11) is 0. The van der Waals surface area contributed by atoms with Gasteiger partial charge in [-0.3, -0.25) is 15.3 Å². The number of amides is 2. The van der Waals surface area contributed by atoms with Crippen LogP contribution in [0.25, 0.3) is 0 Å². The molecule has 0 aromatic heterocycles. The minimum absolute atomic E-state index is 0.0216. The van der Waals surface area contributed by atoms with Crippen LogP contribution in [0.2, 0.25) is 0 Å². The molecule has 0 saturated carbocycles. The fourth-order valence-corrected chi connectivity index (χ4v) is 0.814. The molecule has 66 valence electrons. The number of nitrogens with two attached hydrogens (primary N) is 2. The molecule has 1 atom stereocenters. The van der Waals surface area contributed by atoms with Gasteiger partial charge in [-0.15, -0.1) is 0 Å². The topological polar surface area (TPSA) is 122 Å². The number of hydrogen-bond acceptors (Lipinski definition) is 5. The van der Waals surface area contributed by atoms with Gasteiger partial charge >= 0.3 is 0 Å². The summed E-state index contributed by atoms with van der Waals surface area (Å²) >= 11 is 0. The fraction of sp³-hybridized carbons (Fsp3) is 0.200. The summed E-state index contributed by atoms with van der Waals surface area (Å²) in [6.45, 7) is 0. The summed E-state index contributed by atoms with van der Waals surface area (Å²) in [6.07, 6.45) is -0.352. The molecule has 7 nitrogen and oxygen atoms in total. The van der Waals surface area contributed by atoms with Crippen molar-refractivity contribution in [3.63, 3.8) is 0 Å². The summed E-state index contributed by atoms with van der Waals surface area (Å²) in [6, 6.07) is 0. The normalized spacial score (nSPS) is 22.8. The van der Waals surface area contributed by atoms with Crippen LogP contribution in [-0.4, -0.2) is 18.6 Å². The Morgan fingerprint density at radius 3 is 2.67 bits per heavy atom. The quantitative estimate of drug-likeness (QED) is 0.280. The highest BCUT2D eigenvalue weighted by molar-refractivity contribution is 5.96. The molecule has 12 heavy (non-hydrogen) atoms. The fourth-order valence-electron chi connectivity index (χ4n) is 0.814. The number of carbonyl (C=O) groups excluding carboxylic acids is 2. The maximum atomic E-state index is 11.0. The molecule has 0 spiro atoms. The summed E-state index contributed by atoms with van der Waals surface area (Å²) in [5, 5.41) is 6.99. The average Bonchev–Trinajstić information content (AvgIpc) is 1.96. The molecule has 2 amide bonds. The molecule has 1 unspecified atom stereocenters. The first-order valence-corrected chi connectivity index (χ1v) is 3.18. The van der Waals surface area contributed by atoms with Gasteiger partial charge in [0.05, 0.1) is 0 Å². The average molecular weight is 171 g/mol. The first-order valence-electron chi connectivity index (χ1n) is 3.18. The molecule has 0 bridgehead atoms. The van der Waals surface area contributed by atoms with E-state index in [4.69, 9.17) is 11.5 Å². The summed E-state index contributed by atoms with van der Waals surface area (Å²) < 4.78 is 0. The molecule has 0 aromatic carbocycles. The monoisotopic (exact) mass is 171 g/mol. The lowest BCUT2D eigenvalue weighted by Crippen LogP contribution is -2.58. The van der Waals surface area contributed by atoms with Crippen molar-refractivity contribution >= 4 is 12.3 Å². The number of carbonyl (C=O) groups is 2. The zero-order valence-electron chi connectivity index (χ0n) is 6.13. The van der Waals surface area contributed by atoms with Crippen molar-refractivity contribution in [1.29, 1.82) is 0 Å². The van der Waals surface area contributed by atoms with Gasteiger partial charge in [-0.1, -0.05) is 0 Å². The van der Waals surface area contributed by atoms with E-state index in [1.807, 2.05) is 0 Å². The van der Waals surface area contributed by atoms with E-state index in [0.29, 0.717) is 6.41 Å². The SMILES string of the molecule is NC1=C(NC=O)C(=O)NC(N)N1. The standard InChI is InChI=1S/C5H9N5O2/c6-3-2(8-1-11)4(12)10-5(7)9-3/h1,5,9H,6-7H2,(H,8,11)(H,10,12). The van der Waals surface area contributed by atoms with Crippen LogP contribution >= 0.6 is 0 Å². The lowest BCUT2D eigenvalue weighted by atomic mass is 10.3. The molecule has 1 rings (SSSR count). The number of hydrogen-bond donors (Lipinski definition) is 5. The van der Waals surface area contributed by atoms with Gasteiger partial charge in [0, 0.05) is 0 Å². The van der Waals surface area contributed by atoms with E-state index in [2.05, 4.69) is 16.0 Å². The Morgan fingerprint density at radius 2 is 2.17 bits per heavy atom. The van der Waals surface area contributed by atoms with Gasteiger partial charge in [-0.25, -0.2) is 0 Å². The van der Waals surface area contributed by atoms with Crippen LogP contribution in [-0.2, 0) is 9.59 Å². The summed E-state index contributed by atoms with van der Waals surface area (Å²) in [5.74, 6) is -0.454. The second-order valence-corrected chi connectivity index (χ2v) is 2.15. The molecule has 0 radical (unpaired) electrons. The molecule has 0 saturated heterocycles. The first-order chi connectivity index (χ1) is 5.65. The van der Waals surface area contributed by atoms with E-state index in [1.165, 1.54) is 0 Å². The van der Waals surface area contributed by atoms with Crippen LogP contribution in [0.15, 0.2) is 11.5 Å². The van der Waals surface area contributed by atoms with Gasteiger partial charge in [0.1, 0.15) is 11.5 Å². The Labute approximate surface area is 68.2 Å². The highest BCUT2D eigenvalue weighted by Gasteiger charge is 2.21. The van der Waals surface area contributed by atoms with Crippen molar-refractivity contribution in [2.24, 2.45) is 11.5 Å². The number of rotatable bonds is 2. The van der Waals surface area contributed by atoms with Gasteiger partial charge < -0.3 is 21.7 Å². The molecule has 7 N–H and O–H groups in total. The maximum Gasteiger partial charge on any atom is 0.274 e. The van der Waals surface area contributed by atoms with Crippen molar-refractivity contribution < 1.29 is 9.59 Å². The molecule has 1 aliphatic heterocycles. The molecule has 0 fully saturated rings. The van der Waals surface area contributed by atoms with E-state index in [9.17, 15) is 9.59 Å². The van der Waals surface area contributed by atoms with Gasteiger partial charge in [0.25, 0.3) is 5.91 Å². The minimum Gasteiger partial charge on any atom is -0.384 e. The minimum atomic E-state index is -0.713. The zero-order chi connectivity index (χ0) is 9.14. The van der Waals surface area contributed by atoms with Gasteiger partial charge in [0.15, 0.2) is 6.29 Å². The predicted molar refractivity (Wildman–Crippen MR) is 39.7 cm³/mol. The Hall–Kier alpha value is -1.76. The van der Waals surface area contributed by atoms with Crippen molar-refractivity contribution in [2.75, 3.05) is 0 Å². The molecule has 0 aliphatic carbocycles. The first kappa shape index (κ1) is 8.34. The maximum absolute atomic E-state index is 11.0. The van der Waals surface area contributed by atoms with E-state index >= 15 is 0 Å². The lowest BCUT2D eigenvalue weighted by molar-refractivity contribution is -0.120. The Bertz CT molecular complexity index is 248. The van der Waals surface area contributed by atoms with Crippen LogP contribution in [0.4, 0.5) is 0 Å². The van der Waals surface area contributed by atoms with Crippen LogP contribution in [0.1, 0.15) is 0 Å². The summed E-state index contributed by atoms with van der Waals surface area (Å²) in [4.78, 5) is 21.0. The van der Waals surface area contributed by atoms with E-state index in [0.717, 1.165) is 0 Å². The molecule has 7 heteroatoms. The third-order valence-corrected chi connectivity index (χ3v) is 1.30. The molecular formula is C5H9N5O2. The summed E-state index contributed by atoms with van der Waals surface area (Å²) in [5.41, 5.74) is 10.6. The lowest BCUT2D eigenvalue weighted by Gasteiger charge is -2.24. The van der Waals surface area contributed by atoms with E-state index in [-0.39, 0.29) is 11.5 Å².